The van der Waals surface area contributed by atoms with Crippen LogP contribution >= 0.6 is 0 Å². The van der Waals surface area contributed by atoms with Gasteiger partial charge in [-0.1, -0.05) is 43.3 Å². The van der Waals surface area contributed by atoms with Crippen molar-refractivity contribution >= 4 is 0 Å². The highest BCUT2D eigenvalue weighted by molar-refractivity contribution is 5.05. The third-order valence-electron chi connectivity index (χ3n) is 2.58. The lowest BCUT2D eigenvalue weighted by Gasteiger charge is -2.01. The van der Waals surface area contributed by atoms with E-state index in [-0.39, 0.29) is 6.04 Å². The molecule has 0 aromatic carbocycles. The van der Waals surface area contributed by atoms with Crippen molar-refractivity contribution < 1.29 is 4.52 Å². The standard InChI is InChI=1S/C12H17N3O.C2H6/c1-2-3-4-5-8-11-14-12(16-15-11)10-7-6-9-13-10;1-2/h2-5,10,13H,6-9H2,1H3;1-2H3/b3-2-,5-4-;/t10-;/m0./s1. The summed E-state index contributed by atoms with van der Waals surface area (Å²) in [6, 6.07) is 0.265. The maximum Gasteiger partial charge on any atom is 0.243 e. The zero-order valence-electron chi connectivity index (χ0n) is 11.5. The zero-order chi connectivity index (χ0) is 13.2. The molecule has 0 saturated carbocycles. The molecular weight excluding hydrogens is 226 g/mol. The summed E-state index contributed by atoms with van der Waals surface area (Å²) in [5.41, 5.74) is 0. The minimum atomic E-state index is 0.265. The summed E-state index contributed by atoms with van der Waals surface area (Å²) >= 11 is 0. The highest BCUT2D eigenvalue weighted by Crippen LogP contribution is 2.21. The first-order chi connectivity index (χ1) is 8.90. The Bertz CT molecular complexity index is 376. The van der Waals surface area contributed by atoms with E-state index in [0.717, 1.165) is 31.1 Å². The van der Waals surface area contributed by atoms with E-state index >= 15 is 0 Å². The number of rotatable bonds is 4. The molecule has 1 aliphatic rings. The Morgan fingerprint density at radius 1 is 1.39 bits per heavy atom. The van der Waals surface area contributed by atoms with E-state index < -0.39 is 0 Å². The van der Waals surface area contributed by atoms with E-state index in [0.29, 0.717) is 0 Å². The SMILES string of the molecule is C/C=C\C=C/Cc1noc([C@@H]2CCCN2)n1.CC. The van der Waals surface area contributed by atoms with Gasteiger partial charge in [0, 0.05) is 6.42 Å². The van der Waals surface area contributed by atoms with Crippen LogP contribution in [0.3, 0.4) is 0 Å². The van der Waals surface area contributed by atoms with Gasteiger partial charge in [0.2, 0.25) is 5.89 Å². The van der Waals surface area contributed by atoms with Crippen molar-refractivity contribution in [3.8, 4) is 0 Å². The van der Waals surface area contributed by atoms with Crippen LogP contribution in [0.4, 0.5) is 0 Å². The molecule has 0 bridgehead atoms. The van der Waals surface area contributed by atoms with Gasteiger partial charge in [-0.15, -0.1) is 0 Å². The van der Waals surface area contributed by atoms with Crippen molar-refractivity contribution in [2.24, 2.45) is 0 Å². The number of nitrogens with zero attached hydrogens (tertiary/aromatic N) is 2. The summed E-state index contributed by atoms with van der Waals surface area (Å²) in [6.07, 6.45) is 11.0. The van der Waals surface area contributed by atoms with E-state index in [4.69, 9.17) is 4.52 Å². The second-order valence-electron chi connectivity index (χ2n) is 3.86. The highest BCUT2D eigenvalue weighted by Gasteiger charge is 2.21. The topological polar surface area (TPSA) is 51.0 Å². The molecular formula is C14H23N3O. The molecule has 1 fully saturated rings. The molecule has 1 aromatic heterocycles. The lowest BCUT2D eigenvalue weighted by atomic mass is 10.2. The lowest BCUT2D eigenvalue weighted by molar-refractivity contribution is 0.341. The fraction of sp³-hybridized carbons (Fsp3) is 0.571. The molecule has 1 atom stereocenters. The molecule has 100 valence electrons. The third-order valence-corrected chi connectivity index (χ3v) is 2.58. The quantitative estimate of drug-likeness (QED) is 0.833. The third kappa shape index (κ3) is 4.45. The first kappa shape index (κ1) is 14.6. The second-order valence-corrected chi connectivity index (χ2v) is 3.86. The molecule has 2 heterocycles. The average molecular weight is 249 g/mol. The Kier molecular flexibility index (Phi) is 7.03. The van der Waals surface area contributed by atoms with Gasteiger partial charge in [-0.25, -0.2) is 0 Å². The molecule has 0 amide bonds. The number of hydrogen-bond acceptors (Lipinski definition) is 4. The van der Waals surface area contributed by atoms with Crippen LogP contribution < -0.4 is 5.32 Å². The van der Waals surface area contributed by atoms with Gasteiger partial charge >= 0.3 is 0 Å². The van der Waals surface area contributed by atoms with E-state index in [1.165, 1.54) is 6.42 Å². The second kappa shape index (κ2) is 8.64. The molecule has 4 heteroatoms. The van der Waals surface area contributed by atoms with Crippen LogP contribution in [0.5, 0.6) is 0 Å². The van der Waals surface area contributed by atoms with Crippen molar-refractivity contribution in [2.45, 2.75) is 46.1 Å². The molecule has 4 nitrogen and oxygen atoms in total. The number of aromatic nitrogens is 2. The van der Waals surface area contributed by atoms with E-state index in [2.05, 4.69) is 15.5 Å². The molecule has 18 heavy (non-hydrogen) atoms. The zero-order valence-corrected chi connectivity index (χ0v) is 11.5. The maximum atomic E-state index is 5.23. The van der Waals surface area contributed by atoms with Crippen LogP contribution in [0.2, 0.25) is 0 Å². The molecule has 0 aliphatic carbocycles. The molecule has 0 spiro atoms. The molecule has 2 rings (SSSR count). The monoisotopic (exact) mass is 249 g/mol. The van der Waals surface area contributed by atoms with Crippen molar-refractivity contribution in [3.63, 3.8) is 0 Å². The minimum Gasteiger partial charge on any atom is -0.338 e. The minimum absolute atomic E-state index is 0.265. The van der Waals surface area contributed by atoms with Crippen molar-refractivity contribution in [1.82, 2.24) is 15.5 Å². The van der Waals surface area contributed by atoms with Gasteiger partial charge in [0.15, 0.2) is 5.82 Å². The molecule has 1 saturated heterocycles. The van der Waals surface area contributed by atoms with Gasteiger partial charge < -0.3 is 9.84 Å². The summed E-state index contributed by atoms with van der Waals surface area (Å²) in [6.45, 7) is 7.03. The van der Waals surface area contributed by atoms with Gasteiger partial charge in [0.25, 0.3) is 0 Å². The summed E-state index contributed by atoms with van der Waals surface area (Å²) in [5.74, 6) is 1.48. The Hall–Kier alpha value is -1.42. The van der Waals surface area contributed by atoms with Gasteiger partial charge in [-0.3, -0.25) is 0 Å². The molecule has 1 aliphatic heterocycles. The highest BCUT2D eigenvalue weighted by atomic mass is 16.5. The Balaban J connectivity index is 0.000000771. The maximum absolute atomic E-state index is 5.23. The Labute approximate surface area is 109 Å². The molecule has 1 N–H and O–H groups in total. The smallest absolute Gasteiger partial charge is 0.243 e. The summed E-state index contributed by atoms with van der Waals surface area (Å²) in [4.78, 5) is 4.37. The Morgan fingerprint density at radius 3 is 2.89 bits per heavy atom. The van der Waals surface area contributed by atoms with Crippen LogP contribution in [0.25, 0.3) is 0 Å². The number of hydrogen-bond donors (Lipinski definition) is 1. The van der Waals surface area contributed by atoms with Gasteiger partial charge in [-0.2, -0.15) is 4.98 Å². The fourth-order valence-corrected chi connectivity index (χ4v) is 1.75. The van der Waals surface area contributed by atoms with Gasteiger partial charge in [-0.05, 0) is 26.3 Å². The van der Waals surface area contributed by atoms with Crippen LogP contribution in [0.15, 0.2) is 28.8 Å². The largest absolute Gasteiger partial charge is 0.338 e. The molecule has 0 unspecified atom stereocenters. The molecule has 0 radical (unpaired) electrons. The molecule has 1 aromatic rings. The predicted octanol–water partition coefficient (Wildman–Crippen LogP) is 3.20. The van der Waals surface area contributed by atoms with Crippen LogP contribution in [0.1, 0.15) is 51.4 Å². The number of allylic oxidation sites excluding steroid dienone is 4. The van der Waals surface area contributed by atoms with Crippen LogP contribution in [0, 0.1) is 0 Å². The van der Waals surface area contributed by atoms with E-state index in [1.807, 2.05) is 45.1 Å². The van der Waals surface area contributed by atoms with Crippen molar-refractivity contribution in [2.75, 3.05) is 6.54 Å². The summed E-state index contributed by atoms with van der Waals surface area (Å²) in [7, 11) is 0. The Morgan fingerprint density at radius 2 is 2.22 bits per heavy atom. The van der Waals surface area contributed by atoms with Crippen molar-refractivity contribution in [3.05, 3.63) is 36.0 Å². The summed E-state index contributed by atoms with van der Waals surface area (Å²) in [5, 5.41) is 7.29. The first-order valence-electron chi connectivity index (χ1n) is 6.74. The van der Waals surface area contributed by atoms with E-state index in [1.54, 1.807) is 0 Å². The average Bonchev–Trinajstić information content (AvgIpc) is 3.07. The fourth-order valence-electron chi connectivity index (χ4n) is 1.75. The van der Waals surface area contributed by atoms with Gasteiger partial charge in [0.05, 0.1) is 6.04 Å². The van der Waals surface area contributed by atoms with Crippen molar-refractivity contribution in [1.29, 1.82) is 0 Å². The van der Waals surface area contributed by atoms with E-state index in [9.17, 15) is 0 Å². The lowest BCUT2D eigenvalue weighted by Crippen LogP contribution is -2.13. The summed E-state index contributed by atoms with van der Waals surface area (Å²) < 4.78 is 5.23. The van der Waals surface area contributed by atoms with Crippen LogP contribution in [-0.4, -0.2) is 16.7 Å². The number of nitrogens with one attached hydrogen (secondary N) is 1. The van der Waals surface area contributed by atoms with Gasteiger partial charge in [0.1, 0.15) is 0 Å². The predicted molar refractivity (Wildman–Crippen MR) is 73.3 cm³/mol. The normalized spacial score (nSPS) is 19.4. The first-order valence-corrected chi connectivity index (χ1v) is 6.74. The van der Waals surface area contributed by atoms with Crippen LogP contribution in [-0.2, 0) is 6.42 Å².